The number of nitro groups is 1. The maximum Gasteiger partial charge on any atom is 0.235 e. The number of hydrogen-bond acceptors (Lipinski definition) is 3. The molecule has 4 heteroatoms. The smallest absolute Gasteiger partial charge is 0.235 e. The summed E-state index contributed by atoms with van der Waals surface area (Å²) in [7, 11) is 0. The van der Waals surface area contributed by atoms with E-state index in [4.69, 9.17) is 0 Å². The van der Waals surface area contributed by atoms with Gasteiger partial charge in [0.1, 0.15) is 0 Å². The molecular formula is C15H15NO2S. The molecule has 0 spiro atoms. The molecule has 0 bridgehead atoms. The van der Waals surface area contributed by atoms with E-state index in [1.807, 2.05) is 24.3 Å². The van der Waals surface area contributed by atoms with Gasteiger partial charge in [-0.1, -0.05) is 30.4 Å². The fourth-order valence-corrected chi connectivity index (χ4v) is 2.64. The summed E-state index contributed by atoms with van der Waals surface area (Å²) in [6.45, 7) is 0. The predicted octanol–water partition coefficient (Wildman–Crippen LogP) is 4.30. The molecule has 19 heavy (non-hydrogen) atoms. The minimum atomic E-state index is -0.454. The van der Waals surface area contributed by atoms with E-state index in [9.17, 15) is 10.1 Å². The number of allylic oxidation sites excluding steroid dienone is 3. The first-order chi connectivity index (χ1) is 9.24. The van der Waals surface area contributed by atoms with Crippen LogP contribution in [0.2, 0.25) is 0 Å². The standard InChI is InChI=1S/C15H15NO2S/c17-16(18)11-10-13-6-8-15(9-7-13)19-12-14-4-2-1-3-5-14/h2,4-11H,1,3,12H2/b11-10+. The average molecular weight is 273 g/mol. The van der Waals surface area contributed by atoms with Gasteiger partial charge in [-0.25, -0.2) is 0 Å². The van der Waals surface area contributed by atoms with E-state index in [0.29, 0.717) is 0 Å². The molecule has 0 aliphatic heterocycles. The van der Waals surface area contributed by atoms with E-state index in [-0.39, 0.29) is 0 Å². The van der Waals surface area contributed by atoms with Crippen molar-refractivity contribution in [3.05, 3.63) is 69.9 Å². The van der Waals surface area contributed by atoms with Gasteiger partial charge in [-0.2, -0.15) is 0 Å². The second kappa shape index (κ2) is 6.95. The maximum absolute atomic E-state index is 10.2. The maximum atomic E-state index is 10.2. The Morgan fingerprint density at radius 1 is 1.26 bits per heavy atom. The SMILES string of the molecule is O=[N+]([O-])/C=C/c1ccc(SCC2=CCCC=C2)cc1. The summed E-state index contributed by atoms with van der Waals surface area (Å²) in [4.78, 5) is 10.9. The molecule has 1 aliphatic rings. The molecular weight excluding hydrogens is 258 g/mol. The molecule has 0 radical (unpaired) electrons. The van der Waals surface area contributed by atoms with E-state index in [1.165, 1.54) is 16.5 Å². The van der Waals surface area contributed by atoms with Gasteiger partial charge in [0.25, 0.3) is 0 Å². The van der Waals surface area contributed by atoms with Crippen molar-refractivity contribution in [1.29, 1.82) is 0 Å². The zero-order chi connectivity index (χ0) is 13.5. The second-order valence-corrected chi connectivity index (χ2v) is 5.27. The van der Waals surface area contributed by atoms with Gasteiger partial charge in [-0.15, -0.1) is 11.8 Å². The quantitative estimate of drug-likeness (QED) is 0.456. The minimum absolute atomic E-state index is 0.454. The Balaban J connectivity index is 1.90. The second-order valence-electron chi connectivity index (χ2n) is 4.22. The highest BCUT2D eigenvalue weighted by Gasteiger charge is 2.00. The summed E-state index contributed by atoms with van der Waals surface area (Å²) < 4.78 is 0. The number of hydrogen-bond donors (Lipinski definition) is 0. The highest BCUT2D eigenvalue weighted by molar-refractivity contribution is 7.99. The zero-order valence-electron chi connectivity index (χ0n) is 10.5. The number of nitrogens with zero attached hydrogens (tertiary/aromatic N) is 1. The Kier molecular flexibility index (Phi) is 4.98. The molecule has 1 aliphatic carbocycles. The van der Waals surface area contributed by atoms with Crippen LogP contribution in [0.5, 0.6) is 0 Å². The Bertz CT molecular complexity index is 530. The Hall–Kier alpha value is -1.81. The van der Waals surface area contributed by atoms with Gasteiger partial charge < -0.3 is 0 Å². The van der Waals surface area contributed by atoms with Gasteiger partial charge in [0, 0.05) is 16.7 Å². The molecule has 0 N–H and O–H groups in total. The lowest BCUT2D eigenvalue weighted by Crippen LogP contribution is -1.88. The molecule has 0 saturated carbocycles. The van der Waals surface area contributed by atoms with E-state index in [0.717, 1.165) is 30.4 Å². The van der Waals surface area contributed by atoms with Crippen molar-refractivity contribution in [2.45, 2.75) is 17.7 Å². The molecule has 1 aromatic rings. The van der Waals surface area contributed by atoms with Crippen LogP contribution in [0, 0.1) is 10.1 Å². The summed E-state index contributed by atoms with van der Waals surface area (Å²) in [5.41, 5.74) is 2.21. The lowest BCUT2D eigenvalue weighted by atomic mass is 10.1. The van der Waals surface area contributed by atoms with Crippen molar-refractivity contribution >= 4 is 17.8 Å². The first kappa shape index (κ1) is 13.6. The molecule has 98 valence electrons. The van der Waals surface area contributed by atoms with Crippen LogP contribution < -0.4 is 0 Å². The fourth-order valence-electron chi connectivity index (χ4n) is 1.76. The third-order valence-corrected chi connectivity index (χ3v) is 3.83. The van der Waals surface area contributed by atoms with Gasteiger partial charge in [0.2, 0.25) is 6.20 Å². The first-order valence-corrected chi connectivity index (χ1v) is 7.13. The monoisotopic (exact) mass is 273 g/mol. The molecule has 2 rings (SSSR count). The lowest BCUT2D eigenvalue weighted by Gasteiger charge is -2.06. The molecule has 0 unspecified atom stereocenters. The number of thioether (sulfide) groups is 1. The van der Waals surface area contributed by atoms with Gasteiger partial charge in [0.15, 0.2) is 0 Å². The molecule has 0 saturated heterocycles. The Labute approximate surface area is 116 Å². The lowest BCUT2D eigenvalue weighted by molar-refractivity contribution is -0.400. The summed E-state index contributed by atoms with van der Waals surface area (Å²) >= 11 is 1.78. The Morgan fingerprint density at radius 2 is 2.05 bits per heavy atom. The van der Waals surface area contributed by atoms with Crippen molar-refractivity contribution < 1.29 is 4.92 Å². The molecule has 0 aromatic heterocycles. The van der Waals surface area contributed by atoms with E-state index >= 15 is 0 Å². The van der Waals surface area contributed by atoms with Crippen molar-refractivity contribution in [2.24, 2.45) is 0 Å². The van der Waals surface area contributed by atoms with E-state index < -0.39 is 4.92 Å². The molecule has 0 fully saturated rings. The molecule has 1 aromatic carbocycles. The minimum Gasteiger partial charge on any atom is -0.259 e. The van der Waals surface area contributed by atoms with Crippen LogP contribution in [-0.4, -0.2) is 10.7 Å². The van der Waals surface area contributed by atoms with Crippen LogP contribution in [-0.2, 0) is 0 Å². The highest BCUT2D eigenvalue weighted by Crippen LogP contribution is 2.23. The largest absolute Gasteiger partial charge is 0.259 e. The average Bonchev–Trinajstić information content (AvgIpc) is 2.45. The fraction of sp³-hybridized carbons (Fsp3) is 0.200. The van der Waals surface area contributed by atoms with Crippen molar-refractivity contribution in [1.82, 2.24) is 0 Å². The van der Waals surface area contributed by atoms with Crippen molar-refractivity contribution in [3.8, 4) is 0 Å². The molecule has 0 atom stereocenters. The van der Waals surface area contributed by atoms with Crippen LogP contribution in [0.4, 0.5) is 0 Å². The van der Waals surface area contributed by atoms with Gasteiger partial charge >= 0.3 is 0 Å². The Morgan fingerprint density at radius 3 is 2.68 bits per heavy atom. The van der Waals surface area contributed by atoms with Crippen LogP contribution in [0.1, 0.15) is 18.4 Å². The van der Waals surface area contributed by atoms with Gasteiger partial charge in [-0.3, -0.25) is 10.1 Å². The summed E-state index contributed by atoms with van der Waals surface area (Å²) in [6.07, 6.45) is 11.4. The molecule has 0 amide bonds. The highest BCUT2D eigenvalue weighted by atomic mass is 32.2. The van der Waals surface area contributed by atoms with E-state index in [2.05, 4.69) is 18.2 Å². The van der Waals surface area contributed by atoms with Crippen LogP contribution in [0.15, 0.2) is 59.2 Å². The van der Waals surface area contributed by atoms with E-state index in [1.54, 1.807) is 11.8 Å². The van der Waals surface area contributed by atoms with Crippen LogP contribution in [0.3, 0.4) is 0 Å². The first-order valence-electron chi connectivity index (χ1n) is 6.14. The van der Waals surface area contributed by atoms with Gasteiger partial charge in [-0.05, 0) is 36.1 Å². The topological polar surface area (TPSA) is 43.1 Å². The molecule has 3 nitrogen and oxygen atoms in total. The predicted molar refractivity (Wildman–Crippen MR) is 79.7 cm³/mol. The third-order valence-electron chi connectivity index (χ3n) is 2.75. The van der Waals surface area contributed by atoms with Crippen molar-refractivity contribution in [3.63, 3.8) is 0 Å². The summed E-state index contributed by atoms with van der Waals surface area (Å²) in [5.74, 6) is 0.973. The van der Waals surface area contributed by atoms with Crippen LogP contribution in [0.25, 0.3) is 6.08 Å². The zero-order valence-corrected chi connectivity index (χ0v) is 11.3. The normalized spacial score (nSPS) is 14.6. The summed E-state index contributed by atoms with van der Waals surface area (Å²) in [6, 6.07) is 7.79. The van der Waals surface area contributed by atoms with Crippen LogP contribution >= 0.6 is 11.8 Å². The third kappa shape index (κ3) is 4.75. The number of rotatable bonds is 5. The molecule has 0 heterocycles. The number of benzene rings is 1. The van der Waals surface area contributed by atoms with Gasteiger partial charge in [0.05, 0.1) is 4.92 Å². The summed E-state index contributed by atoms with van der Waals surface area (Å²) in [5, 5.41) is 10.2. The van der Waals surface area contributed by atoms with Crippen molar-refractivity contribution in [2.75, 3.05) is 5.75 Å².